The minimum Gasteiger partial charge on any atom is -0.465 e. The molecule has 5 rings (SSSR count). The molecule has 10 atom stereocenters. The average molecular weight is 868 g/mol. The lowest BCUT2D eigenvalue weighted by Gasteiger charge is -2.63. The summed E-state index contributed by atoms with van der Waals surface area (Å²) in [5.41, 5.74) is -2.55. The molecule has 20 nitrogen and oxygen atoms in total. The van der Waals surface area contributed by atoms with Crippen LogP contribution in [0.5, 0.6) is 5.75 Å². The van der Waals surface area contributed by atoms with Gasteiger partial charge in [-0.05, 0) is 93.2 Å². The van der Waals surface area contributed by atoms with E-state index in [1.807, 2.05) is 0 Å². The molecule has 0 bridgehead atoms. The van der Waals surface area contributed by atoms with Gasteiger partial charge in [-0.1, -0.05) is 25.1 Å². The molecule has 61 heavy (non-hydrogen) atoms. The molecule has 0 saturated heterocycles. The molecule has 0 amide bonds. The zero-order valence-corrected chi connectivity index (χ0v) is 33.2. The molecular weight excluding hydrogens is 820 g/mol. The first kappa shape index (κ1) is 46.5. The first-order valence-corrected chi connectivity index (χ1v) is 19.5. The topological polar surface area (TPSA) is 293 Å². The summed E-state index contributed by atoms with van der Waals surface area (Å²) in [7, 11) is 0. The summed E-state index contributed by atoms with van der Waals surface area (Å²) in [6.07, 6.45) is -5.66. The second kappa shape index (κ2) is 18.6. The highest BCUT2D eigenvalue weighted by molar-refractivity contribution is 6.01. The zero-order chi connectivity index (χ0) is 44.9. The van der Waals surface area contributed by atoms with Crippen molar-refractivity contribution in [3.8, 4) is 5.75 Å². The predicted octanol–water partition coefficient (Wildman–Crippen LogP) is 2.73. The van der Waals surface area contributed by atoms with Gasteiger partial charge in [0.2, 0.25) is 11.4 Å². The first-order chi connectivity index (χ1) is 28.7. The Balaban J connectivity index is 1.29. The van der Waals surface area contributed by atoms with Gasteiger partial charge in [0.15, 0.2) is 18.1 Å². The summed E-state index contributed by atoms with van der Waals surface area (Å²) in [4.78, 5) is 94.2. The Hall–Kier alpha value is -5.61. The molecule has 334 valence electrons. The van der Waals surface area contributed by atoms with Gasteiger partial charge in [0.25, 0.3) is 10.2 Å². The molecule has 4 aliphatic rings. The average Bonchev–Trinajstić information content (AvgIpc) is 3.41. The number of hydrogen-bond donors (Lipinski definition) is 3. The number of fused-ring (bicyclic) bond motifs is 5. The lowest BCUT2D eigenvalue weighted by molar-refractivity contribution is -0.757. The molecule has 1 aromatic rings. The van der Waals surface area contributed by atoms with Crippen molar-refractivity contribution in [1.82, 2.24) is 0 Å². The van der Waals surface area contributed by atoms with Crippen molar-refractivity contribution < 1.29 is 81.8 Å². The molecule has 3 saturated carbocycles. The Morgan fingerprint density at radius 1 is 0.934 bits per heavy atom. The third-order valence-electron chi connectivity index (χ3n) is 12.4. The van der Waals surface area contributed by atoms with Crippen LogP contribution in [0.25, 0.3) is 0 Å². The van der Waals surface area contributed by atoms with E-state index in [0.717, 1.165) is 12.2 Å². The van der Waals surface area contributed by atoms with E-state index in [0.29, 0.717) is 12.0 Å². The van der Waals surface area contributed by atoms with E-state index in [1.165, 1.54) is 44.2 Å². The van der Waals surface area contributed by atoms with E-state index in [-0.39, 0.29) is 43.8 Å². The van der Waals surface area contributed by atoms with Crippen LogP contribution in [0.4, 0.5) is 13.6 Å². The van der Waals surface area contributed by atoms with Crippen LogP contribution in [0.1, 0.15) is 64.4 Å². The van der Waals surface area contributed by atoms with Crippen molar-refractivity contribution >= 4 is 29.7 Å². The quantitative estimate of drug-likeness (QED) is 0.0450. The van der Waals surface area contributed by atoms with E-state index in [9.17, 15) is 54.4 Å². The number of unbranched alkanes of at least 4 members (excludes halogenated alkanes) is 1. The Bertz CT molecular complexity index is 1950. The number of halogens is 2. The van der Waals surface area contributed by atoms with Crippen LogP contribution in [-0.4, -0.2) is 112 Å². The number of benzene rings is 1. The number of nitrogens with zero attached hydrogens (tertiary/aromatic N) is 2. The molecule has 0 radical (unpaired) electrons. The molecule has 0 spiro atoms. The maximum absolute atomic E-state index is 17.7. The van der Waals surface area contributed by atoms with Crippen molar-refractivity contribution in [2.24, 2.45) is 28.4 Å². The number of alkyl halides is 2. The third kappa shape index (κ3) is 9.20. The van der Waals surface area contributed by atoms with Gasteiger partial charge >= 0.3 is 18.1 Å². The summed E-state index contributed by atoms with van der Waals surface area (Å²) in [5.74, 6) is -6.20. The number of hydrogen-bond acceptors (Lipinski definition) is 18. The van der Waals surface area contributed by atoms with Gasteiger partial charge in [-0.25, -0.2) is 13.6 Å². The molecule has 4 N–H and O–H groups in total. The molecular formula is C39H47F2N3O17. The van der Waals surface area contributed by atoms with Crippen LogP contribution in [0.3, 0.4) is 0 Å². The van der Waals surface area contributed by atoms with Crippen LogP contribution in [0.2, 0.25) is 0 Å². The number of ether oxygens (including phenoxy) is 4. The molecule has 22 heteroatoms. The Labute approximate surface area is 346 Å². The number of carbonyl (C=O) groups is 5. The van der Waals surface area contributed by atoms with E-state index < -0.39 is 137 Å². The summed E-state index contributed by atoms with van der Waals surface area (Å²) >= 11 is 0. The number of ketones is 2. The van der Waals surface area contributed by atoms with Crippen LogP contribution in [0.15, 0.2) is 48.1 Å². The lowest BCUT2D eigenvalue weighted by atomic mass is 9.44. The van der Waals surface area contributed by atoms with E-state index in [4.69, 9.17) is 24.7 Å². The number of carbonyl (C=O) groups excluding carboxylic acids is 5. The van der Waals surface area contributed by atoms with Crippen LogP contribution in [-0.2, 0) is 49.5 Å². The Morgan fingerprint density at radius 2 is 1.57 bits per heavy atom. The third-order valence-corrected chi connectivity index (χ3v) is 12.4. The summed E-state index contributed by atoms with van der Waals surface area (Å²) in [5, 5.41) is 42.3. The predicted molar refractivity (Wildman–Crippen MR) is 199 cm³/mol. The highest BCUT2D eigenvalue weighted by atomic mass is 19.1. The Morgan fingerprint density at radius 3 is 2.23 bits per heavy atom. The fourth-order valence-electron chi connectivity index (χ4n) is 9.55. The van der Waals surface area contributed by atoms with Gasteiger partial charge in [-0.2, -0.15) is 0 Å². The summed E-state index contributed by atoms with van der Waals surface area (Å²) in [6.45, 7) is 0.853. The number of esters is 2. The number of aliphatic hydroxyl groups is 2. The number of Topliss-reactive ketones (excluding diaryl/α,β-unsaturated/α-hetero) is 1. The Kier molecular flexibility index (Phi) is 14.1. The molecule has 1 aromatic carbocycles. The van der Waals surface area contributed by atoms with Gasteiger partial charge in [0.1, 0.15) is 24.1 Å². The van der Waals surface area contributed by atoms with Gasteiger partial charge in [-0.3, -0.25) is 19.2 Å². The molecule has 4 aliphatic carbocycles. The highest BCUT2D eigenvalue weighted by Gasteiger charge is 2.79. The van der Waals surface area contributed by atoms with Crippen molar-refractivity contribution in [1.29, 1.82) is 0 Å². The van der Waals surface area contributed by atoms with Crippen LogP contribution < -0.4 is 10.5 Å². The van der Waals surface area contributed by atoms with E-state index >= 15 is 8.78 Å². The molecule has 0 aromatic heterocycles. The minimum absolute atomic E-state index is 0.0205. The molecule has 2 unspecified atom stereocenters. The molecule has 3 fully saturated rings. The van der Waals surface area contributed by atoms with E-state index in [2.05, 4.69) is 9.68 Å². The van der Waals surface area contributed by atoms with Crippen LogP contribution >= 0.6 is 0 Å². The summed E-state index contributed by atoms with van der Waals surface area (Å²) in [6, 6.07) is 4.54. The van der Waals surface area contributed by atoms with Gasteiger partial charge in [-0.15, -0.1) is 20.2 Å². The number of rotatable bonds is 19. The second-order valence-corrected chi connectivity index (χ2v) is 15.9. The first-order valence-electron chi connectivity index (χ1n) is 19.5. The number of allylic oxidation sites excluding steroid dienone is 4. The normalized spacial score (nSPS) is 31.6. The highest BCUT2D eigenvalue weighted by Crippen LogP contribution is 2.70. The van der Waals surface area contributed by atoms with E-state index in [1.54, 1.807) is 0 Å². The zero-order valence-electron chi connectivity index (χ0n) is 33.2. The van der Waals surface area contributed by atoms with Gasteiger partial charge in [0, 0.05) is 23.2 Å². The van der Waals surface area contributed by atoms with Gasteiger partial charge < -0.3 is 44.6 Å². The van der Waals surface area contributed by atoms with Crippen molar-refractivity contribution in [3.05, 3.63) is 73.9 Å². The largest absolute Gasteiger partial charge is 0.514 e. The molecule has 0 aliphatic heterocycles. The maximum Gasteiger partial charge on any atom is 0.514 e. The monoisotopic (exact) mass is 867 g/mol. The maximum atomic E-state index is 17.7. The fraction of sp³-hybridized carbons (Fsp3) is 0.615. The van der Waals surface area contributed by atoms with Crippen LogP contribution in [0, 0.1) is 42.9 Å². The van der Waals surface area contributed by atoms with Crippen molar-refractivity contribution in [2.75, 3.05) is 26.4 Å². The number of aliphatic hydroxyl groups excluding tert-OH is 2. The lowest BCUT2D eigenvalue weighted by Crippen LogP contribution is -2.71. The summed E-state index contributed by atoms with van der Waals surface area (Å²) < 4.78 is 54.9. The van der Waals surface area contributed by atoms with Gasteiger partial charge in [0.05, 0.1) is 25.9 Å². The fourth-order valence-corrected chi connectivity index (χ4v) is 9.55. The standard InChI is InChI=1S/C39H47F2N3O17/c1-36-12-11-23(45)17-27(36)28(40)18-26-25-19-30(46)39(37(25,2)20-31(47)38(26,36)41,61-33(49)6-5-15-59-44(54)55)32(48)21-57-35(51)60-24-9-7-22(8-10-24)16-29(42)34(50)56-13-3-4-14-58-43(52)53/h7-12,17,25-26,28-31,46-47H,3-6,13-16,18-21,42H2,1-2H3/t25?,26?,28-,29-,30+,31-,36-,37-,38-,39-/m0/s1. The second-order valence-electron chi connectivity index (χ2n) is 15.9. The SMILES string of the molecule is C[C@]12C=CC(=O)C=C1[C@@H](F)CC1C3C[C@@H](O)[C@](OC(=O)CCCO[N+](=O)[O-])(C(=O)COC(=O)Oc4ccc(C[C@H](N)C(=O)OCCCCO[N+](=O)[O-])cc4)[C@@]3(C)C[C@H](O)[C@@]12F. The number of nitrogens with two attached hydrogens (primary N) is 1. The molecule has 0 heterocycles. The van der Waals surface area contributed by atoms with Crippen molar-refractivity contribution in [2.45, 2.75) is 101 Å². The van der Waals surface area contributed by atoms with Crippen molar-refractivity contribution in [3.63, 3.8) is 0 Å². The smallest absolute Gasteiger partial charge is 0.465 e. The minimum atomic E-state index is -2.62.